The van der Waals surface area contributed by atoms with Gasteiger partial charge in [-0.3, -0.25) is 4.79 Å². The van der Waals surface area contributed by atoms with E-state index in [0.717, 1.165) is 59.0 Å². The van der Waals surface area contributed by atoms with Crippen LogP contribution in [0.25, 0.3) is 22.2 Å². The minimum Gasteiger partial charge on any atom is -0.444 e. The SMILES string of the molecule is Cc1c[nH]c2ncc(-c3cc4c(c([C@@H]5CCCN5C(=O)OC(C)(C)C)c3)CN(C(=O)[C@H]3CCOC3)CC4)cc12. The molecular formula is C31H38N4O4. The first kappa shape index (κ1) is 25.9. The molecule has 0 aliphatic carbocycles. The number of hydrogen-bond acceptors (Lipinski definition) is 5. The highest BCUT2D eigenvalue weighted by molar-refractivity contribution is 5.85. The van der Waals surface area contributed by atoms with E-state index in [0.29, 0.717) is 32.8 Å². The van der Waals surface area contributed by atoms with Gasteiger partial charge in [0.25, 0.3) is 0 Å². The number of amides is 2. The topological polar surface area (TPSA) is 87.8 Å². The Balaban J connectivity index is 1.41. The van der Waals surface area contributed by atoms with Crippen LogP contribution in [0.3, 0.4) is 0 Å². The zero-order chi connectivity index (χ0) is 27.3. The molecule has 8 heteroatoms. The van der Waals surface area contributed by atoms with Crippen LogP contribution in [0.15, 0.2) is 30.6 Å². The van der Waals surface area contributed by atoms with Crippen LogP contribution < -0.4 is 0 Å². The van der Waals surface area contributed by atoms with Gasteiger partial charge in [0.2, 0.25) is 5.91 Å². The molecule has 3 aromatic rings. The number of nitrogens with zero attached hydrogens (tertiary/aromatic N) is 3. The number of aryl methyl sites for hydroxylation is 1. The third-order valence-electron chi connectivity index (χ3n) is 8.28. The monoisotopic (exact) mass is 530 g/mol. The van der Waals surface area contributed by atoms with Crippen molar-refractivity contribution in [2.24, 2.45) is 5.92 Å². The zero-order valence-electron chi connectivity index (χ0n) is 23.4. The molecule has 2 atom stereocenters. The predicted molar refractivity (Wildman–Crippen MR) is 149 cm³/mol. The summed E-state index contributed by atoms with van der Waals surface area (Å²) in [4.78, 5) is 38.4. The Labute approximate surface area is 229 Å². The Hall–Kier alpha value is -3.39. The standard InChI is InChI=1S/C31H38N4O4/c1-19-15-32-28-24(19)14-23(16-33-28)22-12-20-7-10-34(29(36)21-8-11-38-18-21)17-26(20)25(13-22)27-6-5-9-35(27)30(37)39-31(2,3)4/h12-16,21,27H,5-11,17-18H2,1-4H3,(H,32,33)/t21-,27-/m0/s1. The Morgan fingerprint density at radius 1 is 1.13 bits per heavy atom. The molecule has 0 spiro atoms. The van der Waals surface area contributed by atoms with Crippen molar-refractivity contribution in [3.05, 3.63) is 52.8 Å². The summed E-state index contributed by atoms with van der Waals surface area (Å²) >= 11 is 0. The molecular weight excluding hydrogens is 492 g/mol. The normalized spacial score (nSPS) is 21.4. The molecule has 2 fully saturated rings. The number of aromatic amines is 1. The summed E-state index contributed by atoms with van der Waals surface area (Å²) in [6.07, 6.45) is 6.99. The van der Waals surface area contributed by atoms with Crippen LogP contribution in [0.5, 0.6) is 0 Å². The molecule has 2 amide bonds. The summed E-state index contributed by atoms with van der Waals surface area (Å²) in [6, 6.07) is 6.59. The van der Waals surface area contributed by atoms with E-state index < -0.39 is 5.60 Å². The average Bonchev–Trinajstić information content (AvgIpc) is 3.68. The van der Waals surface area contributed by atoms with E-state index >= 15 is 0 Å². The molecule has 3 aliphatic heterocycles. The Kier molecular flexibility index (Phi) is 6.61. The van der Waals surface area contributed by atoms with Gasteiger partial charge in [0, 0.05) is 49.6 Å². The second kappa shape index (κ2) is 9.97. The maximum absolute atomic E-state index is 13.3. The second-order valence-corrected chi connectivity index (χ2v) is 12.2. The van der Waals surface area contributed by atoms with Crippen molar-refractivity contribution < 1.29 is 19.1 Å². The Morgan fingerprint density at radius 3 is 2.74 bits per heavy atom. The van der Waals surface area contributed by atoms with Gasteiger partial charge >= 0.3 is 6.09 Å². The first-order valence-corrected chi connectivity index (χ1v) is 14.1. The number of benzene rings is 1. The molecule has 206 valence electrons. The van der Waals surface area contributed by atoms with Crippen molar-refractivity contribution in [3.63, 3.8) is 0 Å². The first-order valence-electron chi connectivity index (χ1n) is 14.1. The Bertz CT molecular complexity index is 1420. The number of carbonyl (C=O) groups excluding carboxylic acids is 2. The number of pyridine rings is 1. The van der Waals surface area contributed by atoms with Gasteiger partial charge in [-0.15, -0.1) is 0 Å². The van der Waals surface area contributed by atoms with Crippen LogP contribution in [0.2, 0.25) is 0 Å². The largest absolute Gasteiger partial charge is 0.444 e. The fraction of sp³-hybridized carbons (Fsp3) is 0.516. The van der Waals surface area contributed by atoms with Crippen molar-refractivity contribution in [3.8, 4) is 11.1 Å². The minimum atomic E-state index is -0.562. The van der Waals surface area contributed by atoms with Gasteiger partial charge in [0.05, 0.1) is 18.6 Å². The highest BCUT2D eigenvalue weighted by Gasteiger charge is 2.37. The maximum atomic E-state index is 13.3. The van der Waals surface area contributed by atoms with E-state index in [-0.39, 0.29) is 24.0 Å². The smallest absolute Gasteiger partial charge is 0.410 e. The van der Waals surface area contributed by atoms with Gasteiger partial charge in [0.1, 0.15) is 11.2 Å². The number of nitrogens with one attached hydrogen (secondary N) is 1. The van der Waals surface area contributed by atoms with Crippen LogP contribution >= 0.6 is 0 Å². The van der Waals surface area contributed by atoms with Crippen LogP contribution in [-0.2, 0) is 27.2 Å². The minimum absolute atomic E-state index is 0.0543. The van der Waals surface area contributed by atoms with Crippen LogP contribution in [0.1, 0.15) is 68.3 Å². The quantitative estimate of drug-likeness (QED) is 0.481. The van der Waals surface area contributed by atoms with E-state index in [4.69, 9.17) is 9.47 Å². The molecule has 5 heterocycles. The van der Waals surface area contributed by atoms with Gasteiger partial charge in [0.15, 0.2) is 0 Å². The number of likely N-dealkylation sites (tertiary alicyclic amines) is 1. The lowest BCUT2D eigenvalue weighted by molar-refractivity contribution is -0.136. The molecule has 6 rings (SSSR count). The molecule has 0 unspecified atom stereocenters. The number of H-pyrrole nitrogens is 1. The average molecular weight is 531 g/mol. The number of rotatable bonds is 3. The lowest BCUT2D eigenvalue weighted by atomic mass is 9.86. The van der Waals surface area contributed by atoms with Crippen molar-refractivity contribution in [1.29, 1.82) is 0 Å². The summed E-state index contributed by atoms with van der Waals surface area (Å²) < 4.78 is 11.3. The maximum Gasteiger partial charge on any atom is 0.410 e. The molecule has 39 heavy (non-hydrogen) atoms. The van der Waals surface area contributed by atoms with E-state index in [2.05, 4.69) is 35.1 Å². The van der Waals surface area contributed by atoms with Gasteiger partial charge in [-0.25, -0.2) is 9.78 Å². The number of fused-ring (bicyclic) bond motifs is 2. The summed E-state index contributed by atoms with van der Waals surface area (Å²) in [7, 11) is 0. The molecule has 0 bridgehead atoms. The molecule has 1 aromatic carbocycles. The highest BCUT2D eigenvalue weighted by Crippen LogP contribution is 2.40. The molecule has 3 aliphatic rings. The highest BCUT2D eigenvalue weighted by atomic mass is 16.6. The molecule has 2 aromatic heterocycles. The predicted octanol–water partition coefficient (Wildman–Crippen LogP) is 5.53. The fourth-order valence-corrected chi connectivity index (χ4v) is 6.26. The fourth-order valence-electron chi connectivity index (χ4n) is 6.26. The molecule has 8 nitrogen and oxygen atoms in total. The third-order valence-corrected chi connectivity index (χ3v) is 8.28. The molecule has 0 radical (unpaired) electrons. The molecule has 0 saturated carbocycles. The van der Waals surface area contributed by atoms with E-state index in [1.165, 1.54) is 11.1 Å². The number of ether oxygens (including phenoxy) is 2. The van der Waals surface area contributed by atoms with Crippen molar-refractivity contribution in [2.75, 3.05) is 26.3 Å². The number of carbonyl (C=O) groups is 2. The number of aromatic nitrogens is 2. The summed E-state index contributed by atoms with van der Waals surface area (Å²) in [6.45, 7) is 10.9. The van der Waals surface area contributed by atoms with Crippen molar-refractivity contribution in [2.45, 2.75) is 71.6 Å². The second-order valence-electron chi connectivity index (χ2n) is 12.2. The van der Waals surface area contributed by atoms with Crippen LogP contribution in [0.4, 0.5) is 4.79 Å². The van der Waals surface area contributed by atoms with E-state index in [9.17, 15) is 9.59 Å². The summed E-state index contributed by atoms with van der Waals surface area (Å²) in [5.74, 6) is 0.127. The molecule has 1 N–H and O–H groups in total. The third kappa shape index (κ3) is 5.02. The van der Waals surface area contributed by atoms with Gasteiger partial charge in [-0.2, -0.15) is 0 Å². The first-order chi connectivity index (χ1) is 18.7. The van der Waals surface area contributed by atoms with Crippen LogP contribution in [0, 0.1) is 12.8 Å². The van der Waals surface area contributed by atoms with Gasteiger partial charge < -0.3 is 24.3 Å². The van der Waals surface area contributed by atoms with Crippen LogP contribution in [-0.4, -0.2) is 63.7 Å². The molecule has 2 saturated heterocycles. The van der Waals surface area contributed by atoms with Crippen molar-refractivity contribution in [1.82, 2.24) is 19.8 Å². The number of hydrogen-bond donors (Lipinski definition) is 1. The van der Waals surface area contributed by atoms with E-state index in [1.807, 2.05) is 43.0 Å². The Morgan fingerprint density at radius 2 is 1.97 bits per heavy atom. The van der Waals surface area contributed by atoms with Crippen molar-refractivity contribution >= 4 is 23.0 Å². The van der Waals surface area contributed by atoms with E-state index in [1.54, 1.807) is 0 Å². The van der Waals surface area contributed by atoms with Gasteiger partial charge in [-0.05, 0) is 93.3 Å². The summed E-state index contributed by atoms with van der Waals surface area (Å²) in [5.41, 5.74) is 7.17. The lowest BCUT2D eigenvalue weighted by Gasteiger charge is -2.35. The summed E-state index contributed by atoms with van der Waals surface area (Å²) in [5, 5.41) is 1.11. The van der Waals surface area contributed by atoms with Gasteiger partial charge in [-0.1, -0.05) is 6.07 Å². The zero-order valence-corrected chi connectivity index (χ0v) is 23.4. The lowest BCUT2D eigenvalue weighted by Crippen LogP contribution is -2.41.